The van der Waals surface area contributed by atoms with Crippen LogP contribution in [-0.2, 0) is 0 Å². The van der Waals surface area contributed by atoms with Crippen LogP contribution in [0.5, 0.6) is 0 Å². The molecule has 1 atom stereocenters. The van der Waals surface area contributed by atoms with Crippen molar-refractivity contribution in [3.63, 3.8) is 0 Å². The fraction of sp³-hybridized carbons (Fsp3) is 0.182. The van der Waals surface area contributed by atoms with Crippen LogP contribution in [0.3, 0.4) is 0 Å². The highest BCUT2D eigenvalue weighted by Gasteiger charge is 2.13. The Labute approximate surface area is 106 Å². The molecule has 17 heavy (non-hydrogen) atoms. The molecule has 3 aromatic heterocycles. The van der Waals surface area contributed by atoms with E-state index in [2.05, 4.69) is 15.1 Å². The van der Waals surface area contributed by atoms with Gasteiger partial charge in [0.2, 0.25) is 11.7 Å². The van der Waals surface area contributed by atoms with Crippen LogP contribution in [0.4, 0.5) is 0 Å². The van der Waals surface area contributed by atoms with Gasteiger partial charge in [-0.1, -0.05) is 5.16 Å². The maximum Gasteiger partial charge on any atom is 0.244 e. The zero-order valence-electron chi connectivity index (χ0n) is 8.92. The van der Waals surface area contributed by atoms with Gasteiger partial charge in [-0.3, -0.25) is 4.98 Å². The highest BCUT2D eigenvalue weighted by molar-refractivity contribution is 7.17. The molecule has 0 saturated carbocycles. The number of hydrogen-bond acceptors (Lipinski definition) is 5. The number of thiophene rings is 1. The van der Waals surface area contributed by atoms with E-state index in [1.54, 1.807) is 24.5 Å². The smallest absolute Gasteiger partial charge is 0.244 e. The summed E-state index contributed by atoms with van der Waals surface area (Å²) >= 11 is 7.51. The Morgan fingerprint density at radius 3 is 3.12 bits per heavy atom. The summed E-state index contributed by atoms with van der Waals surface area (Å²) in [5.41, 5.74) is 1.82. The van der Waals surface area contributed by atoms with E-state index in [4.69, 9.17) is 16.1 Å². The van der Waals surface area contributed by atoms with Crippen molar-refractivity contribution in [3.8, 4) is 11.4 Å². The Kier molecular flexibility index (Phi) is 2.57. The highest BCUT2D eigenvalue weighted by Crippen LogP contribution is 2.25. The minimum absolute atomic E-state index is 0.283. The number of aromatic nitrogens is 3. The summed E-state index contributed by atoms with van der Waals surface area (Å²) in [7, 11) is 0. The van der Waals surface area contributed by atoms with Gasteiger partial charge >= 0.3 is 0 Å². The Balaban J connectivity index is 2.06. The van der Waals surface area contributed by atoms with Gasteiger partial charge in [0, 0.05) is 11.8 Å². The molecule has 0 aliphatic carbocycles. The lowest BCUT2D eigenvalue weighted by Gasteiger charge is -1.94. The standard InChI is InChI=1S/C11H8ClN3OS/c1-6(12)11-14-10(15-16-11)7-4-9-8(13-5-7)2-3-17-9/h2-6H,1H3. The van der Waals surface area contributed by atoms with Crippen LogP contribution in [0.2, 0.25) is 0 Å². The minimum atomic E-state index is -0.283. The summed E-state index contributed by atoms with van der Waals surface area (Å²) < 4.78 is 6.16. The van der Waals surface area contributed by atoms with Crippen molar-refractivity contribution in [1.82, 2.24) is 15.1 Å². The third-order valence-electron chi connectivity index (χ3n) is 2.34. The first-order chi connectivity index (χ1) is 8.24. The molecule has 4 nitrogen and oxygen atoms in total. The van der Waals surface area contributed by atoms with E-state index in [9.17, 15) is 0 Å². The number of nitrogens with zero attached hydrogens (tertiary/aromatic N) is 3. The molecule has 1 unspecified atom stereocenters. The maximum absolute atomic E-state index is 5.87. The second kappa shape index (κ2) is 4.09. The van der Waals surface area contributed by atoms with Crippen LogP contribution in [-0.4, -0.2) is 15.1 Å². The summed E-state index contributed by atoms with van der Waals surface area (Å²) in [6.07, 6.45) is 1.74. The molecule has 0 radical (unpaired) electrons. The summed E-state index contributed by atoms with van der Waals surface area (Å²) in [4.78, 5) is 8.55. The molecule has 0 aliphatic heterocycles. The predicted octanol–water partition coefficient (Wildman–Crippen LogP) is 3.65. The van der Waals surface area contributed by atoms with Gasteiger partial charge in [-0.05, 0) is 24.4 Å². The van der Waals surface area contributed by atoms with E-state index in [1.165, 1.54) is 0 Å². The van der Waals surface area contributed by atoms with E-state index < -0.39 is 0 Å². The molecule has 0 saturated heterocycles. The lowest BCUT2D eigenvalue weighted by Crippen LogP contribution is -1.85. The summed E-state index contributed by atoms with van der Waals surface area (Å²) in [5.74, 6) is 0.947. The molecular formula is C11H8ClN3OS. The number of rotatable bonds is 2. The lowest BCUT2D eigenvalue weighted by atomic mass is 10.2. The van der Waals surface area contributed by atoms with Gasteiger partial charge in [0.25, 0.3) is 0 Å². The van der Waals surface area contributed by atoms with Crippen molar-refractivity contribution in [3.05, 3.63) is 29.6 Å². The van der Waals surface area contributed by atoms with Crippen LogP contribution in [0.1, 0.15) is 18.2 Å². The average Bonchev–Trinajstić information content (AvgIpc) is 2.97. The van der Waals surface area contributed by atoms with Crippen LogP contribution in [0.15, 0.2) is 28.2 Å². The Bertz CT molecular complexity index is 661. The molecule has 3 aromatic rings. The van der Waals surface area contributed by atoms with Gasteiger partial charge in [-0.25, -0.2) is 0 Å². The Morgan fingerprint density at radius 1 is 1.47 bits per heavy atom. The van der Waals surface area contributed by atoms with E-state index in [0.29, 0.717) is 11.7 Å². The topological polar surface area (TPSA) is 51.8 Å². The monoisotopic (exact) mass is 265 g/mol. The minimum Gasteiger partial charge on any atom is -0.337 e. The van der Waals surface area contributed by atoms with Gasteiger partial charge in [0.15, 0.2) is 0 Å². The third kappa shape index (κ3) is 1.92. The van der Waals surface area contributed by atoms with Gasteiger partial charge in [0.05, 0.1) is 10.2 Å². The van der Waals surface area contributed by atoms with Crippen LogP contribution >= 0.6 is 22.9 Å². The van der Waals surface area contributed by atoms with E-state index in [1.807, 2.05) is 17.5 Å². The lowest BCUT2D eigenvalue weighted by molar-refractivity contribution is 0.379. The molecule has 0 aromatic carbocycles. The molecule has 0 bridgehead atoms. The zero-order chi connectivity index (χ0) is 11.8. The fourth-order valence-electron chi connectivity index (χ4n) is 1.48. The molecular weight excluding hydrogens is 258 g/mol. The first-order valence-electron chi connectivity index (χ1n) is 5.05. The van der Waals surface area contributed by atoms with Gasteiger partial charge < -0.3 is 4.52 Å². The van der Waals surface area contributed by atoms with Crippen LogP contribution in [0, 0.1) is 0 Å². The number of hydrogen-bond donors (Lipinski definition) is 0. The van der Waals surface area contributed by atoms with E-state index >= 15 is 0 Å². The van der Waals surface area contributed by atoms with Crippen molar-refractivity contribution >= 4 is 33.2 Å². The van der Waals surface area contributed by atoms with E-state index in [-0.39, 0.29) is 5.38 Å². The molecule has 86 valence electrons. The summed E-state index contributed by atoms with van der Waals surface area (Å²) in [5, 5.41) is 5.61. The third-order valence-corrected chi connectivity index (χ3v) is 3.38. The zero-order valence-corrected chi connectivity index (χ0v) is 10.5. The van der Waals surface area contributed by atoms with Crippen molar-refractivity contribution in [2.24, 2.45) is 0 Å². The van der Waals surface area contributed by atoms with Gasteiger partial charge in [-0.15, -0.1) is 22.9 Å². The quantitative estimate of drug-likeness (QED) is 0.664. The van der Waals surface area contributed by atoms with Crippen molar-refractivity contribution in [2.75, 3.05) is 0 Å². The van der Waals surface area contributed by atoms with Gasteiger partial charge in [-0.2, -0.15) is 4.98 Å². The van der Waals surface area contributed by atoms with E-state index in [0.717, 1.165) is 15.8 Å². The maximum atomic E-state index is 5.87. The highest BCUT2D eigenvalue weighted by atomic mass is 35.5. The predicted molar refractivity (Wildman–Crippen MR) is 67.2 cm³/mol. The fourth-order valence-corrected chi connectivity index (χ4v) is 2.35. The molecule has 6 heteroatoms. The van der Waals surface area contributed by atoms with Crippen molar-refractivity contribution < 1.29 is 4.52 Å². The van der Waals surface area contributed by atoms with Crippen molar-refractivity contribution in [1.29, 1.82) is 0 Å². The summed E-state index contributed by atoms with van der Waals surface area (Å²) in [6, 6.07) is 3.98. The molecule has 0 amide bonds. The van der Waals surface area contributed by atoms with Crippen LogP contribution in [0.25, 0.3) is 21.6 Å². The second-order valence-electron chi connectivity index (χ2n) is 3.60. The number of pyridine rings is 1. The van der Waals surface area contributed by atoms with Gasteiger partial charge in [0.1, 0.15) is 5.38 Å². The van der Waals surface area contributed by atoms with Crippen molar-refractivity contribution in [2.45, 2.75) is 12.3 Å². The Hall–Kier alpha value is -1.46. The molecule has 0 aliphatic rings. The largest absolute Gasteiger partial charge is 0.337 e. The molecule has 3 rings (SSSR count). The average molecular weight is 266 g/mol. The second-order valence-corrected chi connectivity index (χ2v) is 5.20. The summed E-state index contributed by atoms with van der Waals surface area (Å²) in [6.45, 7) is 1.79. The SMILES string of the molecule is CC(Cl)c1nc(-c2cnc3ccsc3c2)no1. The molecule has 0 N–H and O–H groups in total. The number of fused-ring (bicyclic) bond motifs is 1. The first-order valence-corrected chi connectivity index (χ1v) is 6.37. The molecule has 0 spiro atoms. The first kappa shape index (κ1) is 10.7. The molecule has 3 heterocycles. The normalized spacial score (nSPS) is 13.1. The van der Waals surface area contributed by atoms with Crippen LogP contribution < -0.4 is 0 Å². The number of alkyl halides is 1. The number of halogens is 1. The Morgan fingerprint density at radius 2 is 2.35 bits per heavy atom. The molecule has 0 fully saturated rings.